The van der Waals surface area contributed by atoms with Crippen LogP contribution >= 0.6 is 11.6 Å². The fourth-order valence-corrected chi connectivity index (χ4v) is 8.67. The second-order valence-electron chi connectivity index (χ2n) is 15.6. The molecule has 1 aromatic heterocycles. The number of allylic oxidation sites excluding steroid dienone is 1. The Balaban J connectivity index is 1.30. The van der Waals surface area contributed by atoms with Crippen LogP contribution < -0.4 is 24.8 Å². The standard InChI is InChI=1S/C38H48ClN5O10S/c1-7-10-26-21(2)38(26,35(47)43-55(49,50)54-23-13-14-23)42-33(45)27-19-24(52-28-17-18-40-31-25(28)15-16-29(51-6)30(31)39)20-44(27)34(46)32(37(3,4)5)41-36(48)53-22-11-8-9-12-22/h7,15-18,22-24,26-27,32H,1-2,8-14,19-20H2,3-6H3,(H,41,48)(H,42,45)(H,43,47)/t24-,26?,27?,32?,38-/m1/s1. The molecular formula is C38H48ClN5O10S. The maximum atomic E-state index is 14.6. The van der Waals surface area contributed by atoms with Crippen molar-refractivity contribution < 1.29 is 46.0 Å². The number of fused-ring (bicyclic) bond motifs is 1. The van der Waals surface area contributed by atoms with E-state index in [1.165, 1.54) is 24.3 Å². The SMILES string of the molecule is C=CCC1C(=C)[C@]1(NC(=O)C1C[C@@H](Oc2ccnc3c(Cl)c(OC)ccc23)CN1C(=O)C(NC(=O)OC1CCCC1)C(C)(C)C)C(=O)NS(=O)(=O)OC1CC1. The smallest absolute Gasteiger partial charge is 0.408 e. The molecule has 1 aliphatic heterocycles. The van der Waals surface area contributed by atoms with Crippen LogP contribution in [0.1, 0.15) is 72.1 Å². The Morgan fingerprint density at radius 3 is 2.42 bits per heavy atom. The molecule has 298 valence electrons. The monoisotopic (exact) mass is 801 g/mol. The number of hydrogen-bond acceptors (Lipinski definition) is 11. The first-order valence-corrected chi connectivity index (χ1v) is 20.2. The molecule has 1 saturated heterocycles. The van der Waals surface area contributed by atoms with E-state index < -0.39 is 75.3 Å². The molecule has 6 rings (SSSR count). The van der Waals surface area contributed by atoms with Gasteiger partial charge in [0.1, 0.15) is 46.4 Å². The lowest BCUT2D eigenvalue weighted by atomic mass is 9.85. The summed E-state index contributed by atoms with van der Waals surface area (Å²) in [7, 11) is -3.01. The summed E-state index contributed by atoms with van der Waals surface area (Å²) in [5.41, 5.74) is -1.98. The minimum absolute atomic E-state index is 0.0337. The molecule has 0 spiro atoms. The topological polar surface area (TPSA) is 192 Å². The Morgan fingerprint density at radius 2 is 1.78 bits per heavy atom. The highest BCUT2D eigenvalue weighted by atomic mass is 35.5. The maximum Gasteiger partial charge on any atom is 0.408 e. The summed E-state index contributed by atoms with van der Waals surface area (Å²) in [5.74, 6) is -2.25. The van der Waals surface area contributed by atoms with Crippen molar-refractivity contribution in [3.63, 3.8) is 0 Å². The molecule has 3 unspecified atom stereocenters. The zero-order valence-corrected chi connectivity index (χ0v) is 33.0. The van der Waals surface area contributed by atoms with Crippen molar-refractivity contribution in [1.29, 1.82) is 0 Å². The number of pyridine rings is 1. The van der Waals surface area contributed by atoms with Gasteiger partial charge in [-0.2, -0.15) is 8.42 Å². The summed E-state index contributed by atoms with van der Waals surface area (Å²) < 4.78 is 49.8. The van der Waals surface area contributed by atoms with E-state index in [4.69, 9.17) is 30.0 Å². The highest BCUT2D eigenvalue weighted by molar-refractivity contribution is 7.85. The van der Waals surface area contributed by atoms with Gasteiger partial charge >= 0.3 is 16.4 Å². The zero-order chi connectivity index (χ0) is 39.9. The van der Waals surface area contributed by atoms with Crippen LogP contribution in [0.5, 0.6) is 11.5 Å². The van der Waals surface area contributed by atoms with Crippen molar-refractivity contribution in [3.05, 3.63) is 54.2 Å². The Morgan fingerprint density at radius 1 is 1.07 bits per heavy atom. The average Bonchev–Trinajstić information content (AvgIpc) is 3.84. The van der Waals surface area contributed by atoms with Crippen molar-refractivity contribution in [2.45, 2.75) is 108 Å². The Kier molecular flexibility index (Phi) is 11.4. The van der Waals surface area contributed by atoms with Gasteiger partial charge in [-0.05, 0) is 74.1 Å². The molecule has 0 bridgehead atoms. The summed E-state index contributed by atoms with van der Waals surface area (Å²) >= 11 is 6.55. The predicted octanol–water partition coefficient (Wildman–Crippen LogP) is 4.49. The Hall–Kier alpha value is -4.41. The first-order chi connectivity index (χ1) is 26.0. The minimum atomic E-state index is -4.50. The summed E-state index contributed by atoms with van der Waals surface area (Å²) in [4.78, 5) is 61.7. The van der Waals surface area contributed by atoms with Crippen LogP contribution in [0.15, 0.2) is 49.2 Å². The molecule has 5 atom stereocenters. The maximum absolute atomic E-state index is 14.6. The van der Waals surface area contributed by atoms with E-state index in [2.05, 4.69) is 28.8 Å². The molecule has 2 aromatic rings. The number of hydrogen-bond donors (Lipinski definition) is 3. The van der Waals surface area contributed by atoms with Gasteiger partial charge in [-0.15, -0.1) is 6.58 Å². The van der Waals surface area contributed by atoms with Gasteiger partial charge in [0.15, 0.2) is 0 Å². The van der Waals surface area contributed by atoms with E-state index >= 15 is 0 Å². The molecule has 3 N–H and O–H groups in total. The third-order valence-corrected chi connectivity index (χ3v) is 11.9. The van der Waals surface area contributed by atoms with Crippen LogP contribution in [0.25, 0.3) is 10.9 Å². The number of ether oxygens (including phenoxy) is 3. The largest absolute Gasteiger partial charge is 0.495 e. The van der Waals surface area contributed by atoms with E-state index in [0.717, 1.165) is 25.7 Å². The van der Waals surface area contributed by atoms with Crippen LogP contribution in [-0.2, 0) is 33.6 Å². The molecule has 1 aromatic carbocycles. The second-order valence-corrected chi connectivity index (χ2v) is 17.3. The number of alkyl carbamates (subject to hydrolysis) is 1. The Labute approximate surface area is 325 Å². The molecule has 4 amide bonds. The van der Waals surface area contributed by atoms with Gasteiger partial charge in [0.2, 0.25) is 11.8 Å². The molecule has 4 aliphatic rings. The van der Waals surface area contributed by atoms with Crippen molar-refractivity contribution >= 4 is 56.6 Å². The molecule has 4 fully saturated rings. The van der Waals surface area contributed by atoms with E-state index in [1.807, 2.05) is 4.72 Å². The third kappa shape index (κ3) is 8.55. The highest BCUT2D eigenvalue weighted by Gasteiger charge is 2.66. The van der Waals surface area contributed by atoms with E-state index in [0.29, 0.717) is 35.2 Å². The van der Waals surface area contributed by atoms with Gasteiger partial charge in [0, 0.05) is 23.9 Å². The summed E-state index contributed by atoms with van der Waals surface area (Å²) in [5, 5.41) is 6.35. The zero-order valence-electron chi connectivity index (χ0n) is 31.4. The molecule has 55 heavy (non-hydrogen) atoms. The fourth-order valence-electron chi connectivity index (χ4n) is 7.39. The average molecular weight is 802 g/mol. The molecule has 0 radical (unpaired) electrons. The molecular weight excluding hydrogens is 754 g/mol. The van der Waals surface area contributed by atoms with Crippen LogP contribution in [0.2, 0.25) is 5.02 Å². The number of aromatic nitrogens is 1. The van der Waals surface area contributed by atoms with Crippen molar-refractivity contribution in [2.24, 2.45) is 11.3 Å². The van der Waals surface area contributed by atoms with Gasteiger partial charge in [0.25, 0.3) is 5.91 Å². The number of carbonyl (C=O) groups is 4. The first-order valence-electron chi connectivity index (χ1n) is 18.4. The van der Waals surface area contributed by atoms with Crippen LogP contribution in [0.3, 0.4) is 0 Å². The highest BCUT2D eigenvalue weighted by Crippen LogP contribution is 2.52. The lowest BCUT2D eigenvalue weighted by Crippen LogP contribution is -2.60. The Bertz CT molecular complexity index is 1990. The van der Waals surface area contributed by atoms with Crippen LogP contribution in [0.4, 0.5) is 4.79 Å². The number of benzene rings is 1. The molecule has 15 nitrogen and oxygen atoms in total. The quantitative estimate of drug-likeness (QED) is 0.228. The third-order valence-electron chi connectivity index (χ3n) is 10.5. The molecule has 3 saturated carbocycles. The van der Waals surface area contributed by atoms with Crippen molar-refractivity contribution in [1.82, 2.24) is 25.2 Å². The van der Waals surface area contributed by atoms with Gasteiger partial charge in [0.05, 0.1) is 25.3 Å². The molecule has 3 aliphatic carbocycles. The number of rotatable bonds is 14. The number of nitrogens with one attached hydrogen (secondary N) is 3. The number of amides is 4. The number of halogens is 1. The van der Waals surface area contributed by atoms with E-state index in [9.17, 15) is 27.6 Å². The first kappa shape index (κ1) is 40.3. The van der Waals surface area contributed by atoms with Gasteiger partial charge < -0.3 is 29.7 Å². The summed E-state index contributed by atoms with van der Waals surface area (Å²) in [6, 6.07) is 2.69. The van der Waals surface area contributed by atoms with Gasteiger partial charge in [-0.3, -0.25) is 23.6 Å². The lowest BCUT2D eigenvalue weighted by molar-refractivity contribution is -0.142. The molecule has 17 heteroatoms. The lowest BCUT2D eigenvalue weighted by Gasteiger charge is -2.35. The van der Waals surface area contributed by atoms with Crippen LogP contribution in [-0.4, -0.2) is 91.7 Å². The summed E-state index contributed by atoms with van der Waals surface area (Å²) in [6.07, 6.45) is 5.37. The fraction of sp³-hybridized carbons (Fsp3) is 0.553. The molecule has 2 heterocycles. The normalized spacial score (nSPS) is 24.6. The number of methoxy groups -OCH3 is 1. The predicted molar refractivity (Wildman–Crippen MR) is 202 cm³/mol. The van der Waals surface area contributed by atoms with Crippen LogP contribution in [0, 0.1) is 11.3 Å². The van der Waals surface area contributed by atoms with Crippen molar-refractivity contribution in [3.8, 4) is 11.5 Å². The minimum Gasteiger partial charge on any atom is -0.495 e. The van der Waals surface area contributed by atoms with E-state index in [1.54, 1.807) is 39.0 Å². The van der Waals surface area contributed by atoms with Gasteiger partial charge in [-0.25, -0.2) is 9.52 Å². The van der Waals surface area contributed by atoms with Crippen molar-refractivity contribution in [2.75, 3.05) is 13.7 Å². The summed E-state index contributed by atoms with van der Waals surface area (Å²) in [6.45, 7) is 13.0. The van der Waals surface area contributed by atoms with E-state index in [-0.39, 0.29) is 36.1 Å². The number of likely N-dealkylation sites (tertiary alicyclic amines) is 1. The van der Waals surface area contributed by atoms with Gasteiger partial charge in [-0.1, -0.05) is 45.0 Å². The number of carbonyl (C=O) groups excluding carboxylic acids is 4. The second kappa shape index (κ2) is 15.6. The number of nitrogens with zero attached hydrogens (tertiary/aromatic N) is 2.